The Morgan fingerprint density at radius 2 is 2.29 bits per heavy atom. The van der Waals surface area contributed by atoms with Crippen LogP contribution in [0.2, 0.25) is 0 Å². The first-order valence-corrected chi connectivity index (χ1v) is 2.96. The van der Waals surface area contributed by atoms with Gasteiger partial charge >= 0.3 is 0 Å². The lowest BCUT2D eigenvalue weighted by molar-refractivity contribution is 1.54. The van der Waals surface area contributed by atoms with Crippen LogP contribution in [0.15, 0.2) is 9.78 Å². The molecule has 0 bridgehead atoms. The fourth-order valence-electron chi connectivity index (χ4n) is 0.0732. The van der Waals surface area contributed by atoms with Gasteiger partial charge in [0.05, 0.1) is 3.58 Å². The normalized spacial score (nSPS) is 11.4. The van der Waals surface area contributed by atoms with Crippen molar-refractivity contribution in [1.29, 1.82) is 5.41 Å². The van der Waals surface area contributed by atoms with Gasteiger partial charge in [0.15, 0.2) is 0 Å². The van der Waals surface area contributed by atoms with Gasteiger partial charge in [-0.15, -0.1) is 0 Å². The summed E-state index contributed by atoms with van der Waals surface area (Å²) in [5.41, 5.74) is 4.98. The zero-order valence-corrected chi connectivity index (χ0v) is 6.32. The van der Waals surface area contributed by atoms with Crippen molar-refractivity contribution in [2.75, 3.05) is 0 Å². The van der Waals surface area contributed by atoms with E-state index in [2.05, 4.69) is 0 Å². The molecule has 0 radical (unpaired) electrons. The third-order valence-corrected chi connectivity index (χ3v) is 1.78. The van der Waals surface area contributed by atoms with Gasteiger partial charge in [-0.05, 0) is 22.6 Å². The summed E-state index contributed by atoms with van der Waals surface area (Å²) in [7, 11) is 0. The van der Waals surface area contributed by atoms with Crippen molar-refractivity contribution in [3.8, 4) is 0 Å². The van der Waals surface area contributed by atoms with Gasteiger partial charge in [0.2, 0.25) is 0 Å². The predicted molar refractivity (Wildman–Crippen MR) is 39.9 cm³/mol. The highest BCUT2D eigenvalue weighted by Gasteiger charge is 1.90. The molecule has 0 rings (SSSR count). The molecule has 0 aromatic carbocycles. The second kappa shape index (κ2) is 3.26. The summed E-state index contributed by atoms with van der Waals surface area (Å²) in [5, 5.41) is 6.70. The summed E-state index contributed by atoms with van der Waals surface area (Å²) in [4.78, 5) is 0. The van der Waals surface area contributed by atoms with Crippen LogP contribution < -0.4 is 5.73 Å². The van der Waals surface area contributed by atoms with E-state index in [1.807, 2.05) is 22.6 Å². The highest BCUT2D eigenvalue weighted by atomic mass is 127. The number of nitrogens with one attached hydrogen (secondary N) is 1. The second-order valence-corrected chi connectivity index (χ2v) is 2.37. The summed E-state index contributed by atoms with van der Waals surface area (Å²) >= 11 is 7.03. The fraction of sp³-hybridized carbons (Fsp3) is 0. The average Bonchev–Trinajstić information content (AvgIpc) is 1.65. The lowest BCUT2D eigenvalue weighted by Crippen LogP contribution is -1.87. The molecular formula is C3H4ClIN2. The minimum absolute atomic E-state index is 0.0110. The van der Waals surface area contributed by atoms with E-state index in [-0.39, 0.29) is 5.17 Å². The molecule has 0 aliphatic heterocycles. The first-order chi connectivity index (χ1) is 3.18. The van der Waals surface area contributed by atoms with Gasteiger partial charge in [0.25, 0.3) is 0 Å². The van der Waals surface area contributed by atoms with E-state index in [4.69, 9.17) is 22.7 Å². The van der Waals surface area contributed by atoms with Gasteiger partial charge < -0.3 is 5.73 Å². The van der Waals surface area contributed by atoms with Crippen molar-refractivity contribution in [3.63, 3.8) is 0 Å². The quantitative estimate of drug-likeness (QED) is 0.520. The Labute approximate surface area is 60.4 Å². The Hall–Kier alpha value is 0.230. The van der Waals surface area contributed by atoms with Crippen molar-refractivity contribution in [2.24, 2.45) is 5.73 Å². The SMILES string of the molecule is N=C(Cl)/C(I)=C\N. The first kappa shape index (κ1) is 7.23. The smallest absolute Gasteiger partial charge is 0.135 e. The maximum atomic E-state index is 6.71. The molecule has 0 aliphatic rings. The van der Waals surface area contributed by atoms with Gasteiger partial charge in [0, 0.05) is 6.20 Å². The molecule has 0 saturated carbocycles. The number of hydrogen-bond acceptors (Lipinski definition) is 2. The van der Waals surface area contributed by atoms with Crippen molar-refractivity contribution in [2.45, 2.75) is 0 Å². The Kier molecular flexibility index (Phi) is 3.37. The van der Waals surface area contributed by atoms with E-state index in [1.54, 1.807) is 0 Å². The van der Waals surface area contributed by atoms with Gasteiger partial charge in [0.1, 0.15) is 5.17 Å². The van der Waals surface area contributed by atoms with Crippen LogP contribution in [0.4, 0.5) is 0 Å². The van der Waals surface area contributed by atoms with Crippen LogP contribution in [0.25, 0.3) is 0 Å². The topological polar surface area (TPSA) is 49.9 Å². The second-order valence-electron chi connectivity index (χ2n) is 0.829. The van der Waals surface area contributed by atoms with Crippen LogP contribution in [-0.4, -0.2) is 5.17 Å². The van der Waals surface area contributed by atoms with Crippen molar-refractivity contribution >= 4 is 39.4 Å². The van der Waals surface area contributed by atoms with Crippen molar-refractivity contribution in [1.82, 2.24) is 0 Å². The molecule has 40 valence electrons. The van der Waals surface area contributed by atoms with E-state index in [0.29, 0.717) is 3.58 Å². The van der Waals surface area contributed by atoms with Crippen LogP contribution >= 0.6 is 34.2 Å². The number of rotatable bonds is 1. The molecule has 0 atom stereocenters. The maximum absolute atomic E-state index is 6.71. The summed E-state index contributed by atoms with van der Waals surface area (Å²) in [6, 6.07) is 0. The third-order valence-electron chi connectivity index (χ3n) is 0.356. The molecule has 2 nitrogen and oxygen atoms in total. The maximum Gasteiger partial charge on any atom is 0.135 e. The van der Waals surface area contributed by atoms with E-state index in [9.17, 15) is 0 Å². The summed E-state index contributed by atoms with van der Waals surface area (Å²) in [6.07, 6.45) is 1.29. The van der Waals surface area contributed by atoms with Crippen LogP contribution in [0, 0.1) is 5.41 Å². The van der Waals surface area contributed by atoms with Gasteiger partial charge in [-0.2, -0.15) is 0 Å². The lowest BCUT2D eigenvalue weighted by Gasteiger charge is -1.84. The number of allylic oxidation sites excluding steroid dienone is 1. The molecule has 4 heteroatoms. The Bertz CT molecular complexity index is 110. The van der Waals surface area contributed by atoms with E-state index in [0.717, 1.165) is 0 Å². The van der Waals surface area contributed by atoms with Gasteiger partial charge in [-0.1, -0.05) is 11.6 Å². The molecule has 0 unspecified atom stereocenters. The summed E-state index contributed by atoms with van der Waals surface area (Å²) in [5.74, 6) is 0. The van der Waals surface area contributed by atoms with Crippen LogP contribution in [0.1, 0.15) is 0 Å². The first-order valence-electron chi connectivity index (χ1n) is 1.50. The Morgan fingerprint density at radius 1 is 1.86 bits per heavy atom. The molecule has 0 aromatic heterocycles. The zero-order chi connectivity index (χ0) is 5.86. The molecule has 0 saturated heterocycles. The predicted octanol–water partition coefficient (Wildman–Crippen LogP) is 1.44. The van der Waals surface area contributed by atoms with Gasteiger partial charge in [-0.25, -0.2) is 0 Å². The molecule has 0 fully saturated rings. The molecule has 3 N–H and O–H groups in total. The van der Waals surface area contributed by atoms with Crippen LogP contribution in [0.3, 0.4) is 0 Å². The number of nitrogens with two attached hydrogens (primary N) is 1. The standard InChI is InChI=1S/C3H4ClIN2/c4-3(7)2(5)1-6/h1,7H,6H2/b2-1+,7-3?. The summed E-state index contributed by atoms with van der Waals surface area (Å²) in [6.45, 7) is 0. The zero-order valence-electron chi connectivity index (χ0n) is 3.41. The van der Waals surface area contributed by atoms with Crippen LogP contribution in [-0.2, 0) is 0 Å². The minimum Gasteiger partial charge on any atom is -0.404 e. The molecule has 0 aromatic rings. The van der Waals surface area contributed by atoms with E-state index >= 15 is 0 Å². The molecule has 0 amide bonds. The monoisotopic (exact) mass is 230 g/mol. The minimum atomic E-state index is -0.0110. The van der Waals surface area contributed by atoms with Crippen molar-refractivity contribution in [3.05, 3.63) is 9.78 Å². The van der Waals surface area contributed by atoms with Crippen LogP contribution in [0.5, 0.6) is 0 Å². The molecule has 0 aliphatic carbocycles. The number of hydrogen-bond donors (Lipinski definition) is 2. The Balaban J connectivity index is 3.82. The van der Waals surface area contributed by atoms with Crippen molar-refractivity contribution < 1.29 is 0 Å². The average molecular weight is 230 g/mol. The molecular weight excluding hydrogens is 226 g/mol. The Morgan fingerprint density at radius 3 is 2.29 bits per heavy atom. The fourth-order valence-corrected chi connectivity index (χ4v) is 0.136. The summed E-state index contributed by atoms with van der Waals surface area (Å²) < 4.78 is 0.569. The highest BCUT2D eigenvalue weighted by molar-refractivity contribution is 14.1. The molecule has 7 heavy (non-hydrogen) atoms. The van der Waals surface area contributed by atoms with E-state index in [1.165, 1.54) is 6.20 Å². The molecule has 0 spiro atoms. The lowest BCUT2D eigenvalue weighted by atomic mass is 10.7. The van der Waals surface area contributed by atoms with Gasteiger partial charge in [-0.3, -0.25) is 5.41 Å². The highest BCUT2D eigenvalue weighted by Crippen LogP contribution is 2.06. The number of halogens is 2. The van der Waals surface area contributed by atoms with E-state index < -0.39 is 0 Å². The largest absolute Gasteiger partial charge is 0.404 e. The molecule has 0 heterocycles. The third kappa shape index (κ3) is 2.87.